The van der Waals surface area contributed by atoms with Gasteiger partial charge in [-0.3, -0.25) is 0 Å². The number of aromatic amines is 1. The van der Waals surface area contributed by atoms with Gasteiger partial charge in [0.15, 0.2) is 5.65 Å². The summed E-state index contributed by atoms with van der Waals surface area (Å²) in [5.41, 5.74) is 9.28. The van der Waals surface area contributed by atoms with Crippen molar-refractivity contribution in [1.82, 2.24) is 19.9 Å². The molecular weight excluding hydrogens is 246 g/mol. The Morgan fingerprint density at radius 1 is 1.22 bits per heavy atom. The van der Waals surface area contributed by atoms with E-state index in [9.17, 15) is 0 Å². The first-order valence-electron chi connectivity index (χ1n) is 5.44. The summed E-state index contributed by atoms with van der Waals surface area (Å²) in [6.07, 6.45) is 3.16. The molecule has 90 valence electrons. The number of nitrogens with one attached hydrogen (secondary N) is 1. The number of nitrogen functional groups attached to an aromatic ring is 1. The highest BCUT2D eigenvalue weighted by Crippen LogP contribution is 2.25. The van der Waals surface area contributed by atoms with Crippen molar-refractivity contribution in [3.63, 3.8) is 0 Å². The second kappa shape index (κ2) is 4.66. The van der Waals surface area contributed by atoms with Gasteiger partial charge < -0.3 is 10.7 Å². The Hall–Kier alpha value is -2.08. The largest absolute Gasteiger partial charge is 0.399 e. The Balaban J connectivity index is 1.83. The molecule has 0 aliphatic rings. The van der Waals surface area contributed by atoms with Gasteiger partial charge in [0, 0.05) is 11.4 Å². The van der Waals surface area contributed by atoms with Crippen molar-refractivity contribution >= 4 is 28.6 Å². The molecule has 2 heterocycles. The minimum absolute atomic E-state index is 0.695. The van der Waals surface area contributed by atoms with Crippen LogP contribution < -0.4 is 5.73 Å². The summed E-state index contributed by atoms with van der Waals surface area (Å²) in [5.74, 6) is 0.816. The second-order valence-corrected chi connectivity index (χ2v) is 4.78. The maximum atomic E-state index is 5.75. The fourth-order valence-corrected chi connectivity index (χ4v) is 2.59. The smallest absolute Gasteiger partial charge is 0.181 e. The van der Waals surface area contributed by atoms with Crippen LogP contribution in [0.5, 0.6) is 0 Å². The van der Waals surface area contributed by atoms with E-state index in [0.717, 1.165) is 22.0 Å². The van der Waals surface area contributed by atoms with Crippen LogP contribution >= 0.6 is 11.8 Å². The molecule has 1 aromatic carbocycles. The molecule has 0 saturated carbocycles. The van der Waals surface area contributed by atoms with Gasteiger partial charge in [-0.1, -0.05) is 23.9 Å². The Labute approximate surface area is 108 Å². The van der Waals surface area contributed by atoms with E-state index in [2.05, 4.69) is 26.0 Å². The maximum absolute atomic E-state index is 5.75. The Bertz CT molecular complexity index is 679. The summed E-state index contributed by atoms with van der Waals surface area (Å²) < 4.78 is 0. The van der Waals surface area contributed by atoms with E-state index >= 15 is 0 Å². The number of aromatic nitrogens is 4. The van der Waals surface area contributed by atoms with Crippen LogP contribution in [0.15, 0.2) is 41.9 Å². The molecule has 0 bridgehead atoms. The molecule has 0 aliphatic carbocycles. The van der Waals surface area contributed by atoms with E-state index in [-0.39, 0.29) is 0 Å². The zero-order valence-corrected chi connectivity index (χ0v) is 10.3. The van der Waals surface area contributed by atoms with Gasteiger partial charge in [-0.05, 0) is 17.7 Å². The van der Waals surface area contributed by atoms with Crippen LogP contribution in [0.1, 0.15) is 5.56 Å². The third kappa shape index (κ3) is 2.14. The molecule has 0 atom stereocenters. The number of hydrogen-bond acceptors (Lipinski definition) is 5. The predicted octanol–water partition coefficient (Wildman–Crippen LogP) is 2.23. The van der Waals surface area contributed by atoms with Crippen LogP contribution in [0.25, 0.3) is 11.2 Å². The molecular formula is C12H11N5S. The molecule has 0 amide bonds. The van der Waals surface area contributed by atoms with Crippen LogP contribution in [0.4, 0.5) is 5.69 Å². The highest BCUT2D eigenvalue weighted by Gasteiger charge is 2.06. The molecule has 3 aromatic rings. The van der Waals surface area contributed by atoms with Crippen molar-refractivity contribution in [2.24, 2.45) is 0 Å². The lowest BCUT2D eigenvalue weighted by atomic mass is 10.2. The lowest BCUT2D eigenvalue weighted by molar-refractivity contribution is 1.08. The Kier molecular flexibility index (Phi) is 2.85. The fourth-order valence-electron chi connectivity index (χ4n) is 1.69. The van der Waals surface area contributed by atoms with Crippen LogP contribution in [0.3, 0.4) is 0 Å². The average molecular weight is 257 g/mol. The van der Waals surface area contributed by atoms with E-state index in [1.165, 1.54) is 11.9 Å². The average Bonchev–Trinajstić information content (AvgIpc) is 2.85. The molecule has 3 N–H and O–H groups in total. The number of nitrogens with two attached hydrogens (primary N) is 1. The lowest BCUT2D eigenvalue weighted by Crippen LogP contribution is -1.89. The van der Waals surface area contributed by atoms with E-state index < -0.39 is 0 Å². The van der Waals surface area contributed by atoms with Gasteiger partial charge >= 0.3 is 0 Å². The molecule has 3 rings (SSSR count). The number of fused-ring (bicyclic) bond motifs is 1. The van der Waals surface area contributed by atoms with Crippen LogP contribution in [0.2, 0.25) is 0 Å². The summed E-state index contributed by atoms with van der Waals surface area (Å²) in [5, 5.41) is 0.903. The van der Waals surface area contributed by atoms with Crippen molar-refractivity contribution in [1.29, 1.82) is 0 Å². The first kappa shape index (κ1) is 11.0. The van der Waals surface area contributed by atoms with Gasteiger partial charge in [0.05, 0.1) is 6.33 Å². The minimum atomic E-state index is 0.695. The molecule has 0 fully saturated rings. The first-order valence-corrected chi connectivity index (χ1v) is 6.43. The van der Waals surface area contributed by atoms with Gasteiger partial charge in [0.25, 0.3) is 0 Å². The van der Waals surface area contributed by atoms with Gasteiger partial charge in [-0.2, -0.15) is 0 Å². The normalized spacial score (nSPS) is 10.9. The highest BCUT2D eigenvalue weighted by atomic mass is 32.2. The molecule has 0 saturated heterocycles. The number of benzene rings is 1. The van der Waals surface area contributed by atoms with Crippen molar-refractivity contribution < 1.29 is 0 Å². The van der Waals surface area contributed by atoms with Gasteiger partial charge in [0.2, 0.25) is 0 Å². The SMILES string of the molecule is Nc1cccc(CSc2ncnc3nc[nH]c23)c1. The van der Waals surface area contributed by atoms with Crippen LogP contribution in [-0.4, -0.2) is 19.9 Å². The van der Waals surface area contributed by atoms with E-state index in [4.69, 9.17) is 5.73 Å². The molecule has 5 nitrogen and oxygen atoms in total. The van der Waals surface area contributed by atoms with Crippen LogP contribution in [-0.2, 0) is 5.75 Å². The first-order chi connectivity index (χ1) is 8.83. The number of rotatable bonds is 3. The zero-order valence-electron chi connectivity index (χ0n) is 9.50. The molecule has 6 heteroatoms. The summed E-state index contributed by atoms with van der Waals surface area (Å²) >= 11 is 1.64. The van der Waals surface area contributed by atoms with E-state index in [1.807, 2.05) is 18.2 Å². The van der Waals surface area contributed by atoms with Gasteiger partial charge in [0.1, 0.15) is 16.9 Å². The Morgan fingerprint density at radius 3 is 3.06 bits per heavy atom. The zero-order chi connectivity index (χ0) is 12.4. The number of nitrogens with zero attached hydrogens (tertiary/aromatic N) is 3. The predicted molar refractivity (Wildman–Crippen MR) is 72.1 cm³/mol. The lowest BCUT2D eigenvalue weighted by Gasteiger charge is -2.02. The number of imidazole rings is 1. The minimum Gasteiger partial charge on any atom is -0.399 e. The molecule has 18 heavy (non-hydrogen) atoms. The van der Waals surface area contributed by atoms with Crippen molar-refractivity contribution in [3.05, 3.63) is 42.5 Å². The quantitative estimate of drug-likeness (QED) is 0.427. The molecule has 0 aliphatic heterocycles. The second-order valence-electron chi connectivity index (χ2n) is 3.81. The Morgan fingerprint density at radius 2 is 2.17 bits per heavy atom. The number of thioether (sulfide) groups is 1. The van der Waals surface area contributed by atoms with Gasteiger partial charge in [-0.25, -0.2) is 15.0 Å². The number of H-pyrrole nitrogens is 1. The summed E-state index contributed by atoms with van der Waals surface area (Å²) in [6.45, 7) is 0. The summed E-state index contributed by atoms with van der Waals surface area (Å²) in [4.78, 5) is 15.5. The third-order valence-corrected chi connectivity index (χ3v) is 3.58. The third-order valence-electron chi connectivity index (χ3n) is 2.51. The van der Waals surface area contributed by atoms with Crippen LogP contribution in [0, 0.1) is 0 Å². The molecule has 0 unspecified atom stereocenters. The van der Waals surface area contributed by atoms with E-state index in [0.29, 0.717) is 5.65 Å². The van der Waals surface area contributed by atoms with Gasteiger partial charge in [-0.15, -0.1) is 0 Å². The maximum Gasteiger partial charge on any atom is 0.181 e. The van der Waals surface area contributed by atoms with Crippen molar-refractivity contribution in [2.45, 2.75) is 10.8 Å². The molecule has 0 spiro atoms. The topological polar surface area (TPSA) is 80.5 Å². The molecule has 2 aromatic heterocycles. The molecule has 0 radical (unpaired) electrons. The highest BCUT2D eigenvalue weighted by molar-refractivity contribution is 7.98. The fraction of sp³-hybridized carbons (Fsp3) is 0.0833. The standard InChI is InChI=1S/C12H11N5S/c13-9-3-1-2-8(4-9)5-18-12-10-11(15-6-14-10)16-7-17-12/h1-4,6-7H,5,13H2,(H,14,15,16,17). The number of anilines is 1. The summed E-state index contributed by atoms with van der Waals surface area (Å²) in [6, 6.07) is 7.86. The summed E-state index contributed by atoms with van der Waals surface area (Å²) in [7, 11) is 0. The monoisotopic (exact) mass is 257 g/mol. The number of hydrogen-bond donors (Lipinski definition) is 2. The van der Waals surface area contributed by atoms with E-state index in [1.54, 1.807) is 18.1 Å². The van der Waals surface area contributed by atoms with Crippen molar-refractivity contribution in [2.75, 3.05) is 5.73 Å². The van der Waals surface area contributed by atoms with Crippen molar-refractivity contribution in [3.8, 4) is 0 Å².